The molecule has 0 aromatic rings. The van der Waals surface area contributed by atoms with Crippen molar-refractivity contribution in [1.29, 1.82) is 0 Å². The van der Waals surface area contributed by atoms with Gasteiger partial charge in [-0.1, -0.05) is 32.6 Å². The first-order valence-corrected chi connectivity index (χ1v) is 4.27. The molecule has 0 rings (SSSR count). The standard InChI is InChI=1S/C8H20N2/c1-2-3-4-5-6-8(10)7-9/h8H,2-7,9-10H2,1H3. The van der Waals surface area contributed by atoms with Crippen LogP contribution in [0.2, 0.25) is 0 Å². The van der Waals surface area contributed by atoms with E-state index in [0.717, 1.165) is 6.42 Å². The van der Waals surface area contributed by atoms with Gasteiger partial charge in [-0.05, 0) is 6.42 Å². The molecule has 0 aromatic heterocycles. The summed E-state index contributed by atoms with van der Waals surface area (Å²) in [5, 5.41) is 0. The molecule has 0 aromatic carbocycles. The van der Waals surface area contributed by atoms with Gasteiger partial charge in [0.1, 0.15) is 0 Å². The molecule has 10 heavy (non-hydrogen) atoms. The van der Waals surface area contributed by atoms with Crippen LogP contribution in [-0.4, -0.2) is 12.6 Å². The summed E-state index contributed by atoms with van der Waals surface area (Å²) in [4.78, 5) is 0. The van der Waals surface area contributed by atoms with Gasteiger partial charge in [-0.25, -0.2) is 0 Å². The van der Waals surface area contributed by atoms with Crippen molar-refractivity contribution < 1.29 is 0 Å². The first-order chi connectivity index (χ1) is 4.81. The lowest BCUT2D eigenvalue weighted by molar-refractivity contribution is 0.554. The molecule has 0 bridgehead atoms. The molecule has 2 heteroatoms. The summed E-state index contributed by atoms with van der Waals surface area (Å²) in [6.07, 6.45) is 6.27. The minimum atomic E-state index is 0.233. The van der Waals surface area contributed by atoms with Crippen molar-refractivity contribution in [3.63, 3.8) is 0 Å². The van der Waals surface area contributed by atoms with Crippen LogP contribution in [0, 0.1) is 0 Å². The van der Waals surface area contributed by atoms with Crippen molar-refractivity contribution in [2.75, 3.05) is 6.54 Å². The average Bonchev–Trinajstić information content (AvgIpc) is 1.98. The lowest BCUT2D eigenvalue weighted by Gasteiger charge is -2.06. The van der Waals surface area contributed by atoms with Crippen molar-refractivity contribution in [3.05, 3.63) is 0 Å². The summed E-state index contributed by atoms with van der Waals surface area (Å²) in [7, 11) is 0. The van der Waals surface area contributed by atoms with E-state index >= 15 is 0 Å². The van der Waals surface area contributed by atoms with Gasteiger partial charge >= 0.3 is 0 Å². The second-order valence-corrected chi connectivity index (χ2v) is 2.85. The first-order valence-electron chi connectivity index (χ1n) is 4.27. The van der Waals surface area contributed by atoms with Crippen LogP contribution < -0.4 is 11.5 Å². The highest BCUT2D eigenvalue weighted by Gasteiger charge is 1.96. The summed E-state index contributed by atoms with van der Waals surface area (Å²) < 4.78 is 0. The summed E-state index contributed by atoms with van der Waals surface area (Å²) in [5.74, 6) is 0. The van der Waals surface area contributed by atoms with E-state index in [1.807, 2.05) is 0 Å². The third-order valence-corrected chi connectivity index (χ3v) is 1.73. The zero-order chi connectivity index (χ0) is 7.82. The minimum Gasteiger partial charge on any atom is -0.329 e. The maximum absolute atomic E-state index is 5.63. The molecule has 0 radical (unpaired) electrons. The van der Waals surface area contributed by atoms with Crippen LogP contribution in [0.4, 0.5) is 0 Å². The van der Waals surface area contributed by atoms with E-state index in [0.29, 0.717) is 6.54 Å². The van der Waals surface area contributed by atoms with E-state index in [4.69, 9.17) is 11.5 Å². The van der Waals surface area contributed by atoms with Crippen molar-refractivity contribution in [3.8, 4) is 0 Å². The van der Waals surface area contributed by atoms with Crippen LogP contribution in [0.5, 0.6) is 0 Å². The molecule has 62 valence electrons. The fourth-order valence-corrected chi connectivity index (χ4v) is 0.951. The smallest absolute Gasteiger partial charge is 0.0163 e. The Morgan fingerprint density at radius 2 is 1.90 bits per heavy atom. The molecule has 0 aliphatic rings. The fourth-order valence-electron chi connectivity index (χ4n) is 0.951. The molecule has 0 fully saturated rings. The van der Waals surface area contributed by atoms with Crippen molar-refractivity contribution in [1.82, 2.24) is 0 Å². The van der Waals surface area contributed by atoms with Crippen LogP contribution >= 0.6 is 0 Å². The van der Waals surface area contributed by atoms with E-state index < -0.39 is 0 Å². The highest BCUT2D eigenvalue weighted by molar-refractivity contribution is 4.60. The predicted molar refractivity (Wildman–Crippen MR) is 45.8 cm³/mol. The van der Waals surface area contributed by atoms with Crippen LogP contribution in [-0.2, 0) is 0 Å². The van der Waals surface area contributed by atoms with Gasteiger partial charge in [0.25, 0.3) is 0 Å². The summed E-state index contributed by atoms with van der Waals surface area (Å²) in [5.41, 5.74) is 11.0. The van der Waals surface area contributed by atoms with Gasteiger partial charge in [-0.15, -0.1) is 0 Å². The minimum absolute atomic E-state index is 0.233. The highest BCUT2D eigenvalue weighted by atomic mass is 14.7. The molecule has 0 aliphatic carbocycles. The predicted octanol–water partition coefficient (Wildman–Crippen LogP) is 1.24. The van der Waals surface area contributed by atoms with Crippen LogP contribution in [0.25, 0.3) is 0 Å². The number of unbranched alkanes of at least 4 members (excludes halogenated alkanes) is 3. The Labute approximate surface area is 64.0 Å². The fraction of sp³-hybridized carbons (Fsp3) is 1.00. The third-order valence-electron chi connectivity index (χ3n) is 1.73. The number of hydrogen-bond donors (Lipinski definition) is 2. The van der Waals surface area contributed by atoms with E-state index in [2.05, 4.69) is 6.92 Å². The highest BCUT2D eigenvalue weighted by Crippen LogP contribution is 2.03. The van der Waals surface area contributed by atoms with E-state index in [9.17, 15) is 0 Å². The Morgan fingerprint density at radius 3 is 2.40 bits per heavy atom. The molecule has 4 N–H and O–H groups in total. The molecule has 0 saturated heterocycles. The molecule has 0 heterocycles. The largest absolute Gasteiger partial charge is 0.329 e. The Kier molecular flexibility index (Phi) is 6.98. The van der Waals surface area contributed by atoms with Gasteiger partial charge in [0.05, 0.1) is 0 Å². The van der Waals surface area contributed by atoms with Crippen molar-refractivity contribution in [2.45, 2.75) is 45.1 Å². The van der Waals surface area contributed by atoms with Crippen LogP contribution in [0.3, 0.4) is 0 Å². The van der Waals surface area contributed by atoms with Gasteiger partial charge in [0.15, 0.2) is 0 Å². The van der Waals surface area contributed by atoms with Crippen molar-refractivity contribution >= 4 is 0 Å². The third kappa shape index (κ3) is 6.05. The van der Waals surface area contributed by atoms with Gasteiger partial charge in [0, 0.05) is 12.6 Å². The summed E-state index contributed by atoms with van der Waals surface area (Å²) in [6, 6.07) is 0.233. The van der Waals surface area contributed by atoms with E-state index in [-0.39, 0.29) is 6.04 Å². The Balaban J connectivity index is 2.89. The molecule has 2 nitrogen and oxygen atoms in total. The molecular weight excluding hydrogens is 124 g/mol. The molecule has 0 saturated carbocycles. The molecule has 0 spiro atoms. The number of hydrogen-bond acceptors (Lipinski definition) is 2. The lowest BCUT2D eigenvalue weighted by atomic mass is 10.1. The Bertz CT molecular complexity index is 64.3. The lowest BCUT2D eigenvalue weighted by Crippen LogP contribution is -2.29. The summed E-state index contributed by atoms with van der Waals surface area (Å²) >= 11 is 0. The second-order valence-electron chi connectivity index (χ2n) is 2.85. The molecule has 1 atom stereocenters. The maximum Gasteiger partial charge on any atom is 0.0163 e. The Hall–Kier alpha value is -0.0800. The molecular formula is C8H20N2. The zero-order valence-electron chi connectivity index (χ0n) is 6.97. The van der Waals surface area contributed by atoms with Gasteiger partial charge < -0.3 is 11.5 Å². The Morgan fingerprint density at radius 1 is 1.20 bits per heavy atom. The van der Waals surface area contributed by atoms with E-state index in [1.54, 1.807) is 0 Å². The van der Waals surface area contributed by atoms with Gasteiger partial charge in [-0.2, -0.15) is 0 Å². The first kappa shape index (κ1) is 9.92. The van der Waals surface area contributed by atoms with Crippen molar-refractivity contribution in [2.24, 2.45) is 11.5 Å². The number of nitrogens with two attached hydrogens (primary N) is 2. The summed E-state index contributed by atoms with van der Waals surface area (Å²) in [6.45, 7) is 2.84. The monoisotopic (exact) mass is 144 g/mol. The number of rotatable bonds is 6. The topological polar surface area (TPSA) is 52.0 Å². The quantitative estimate of drug-likeness (QED) is 0.551. The normalized spacial score (nSPS) is 13.5. The SMILES string of the molecule is CCCCCCC(N)CN. The maximum atomic E-state index is 5.63. The zero-order valence-corrected chi connectivity index (χ0v) is 6.97. The molecule has 0 aliphatic heterocycles. The van der Waals surface area contributed by atoms with Crippen LogP contribution in [0.1, 0.15) is 39.0 Å². The van der Waals surface area contributed by atoms with Gasteiger partial charge in [-0.3, -0.25) is 0 Å². The van der Waals surface area contributed by atoms with Gasteiger partial charge in [0.2, 0.25) is 0 Å². The second kappa shape index (κ2) is 7.03. The van der Waals surface area contributed by atoms with Crippen LogP contribution in [0.15, 0.2) is 0 Å². The molecule has 0 amide bonds. The van der Waals surface area contributed by atoms with E-state index in [1.165, 1.54) is 25.7 Å². The average molecular weight is 144 g/mol. The molecule has 1 unspecified atom stereocenters.